The van der Waals surface area contributed by atoms with Gasteiger partial charge in [-0.15, -0.1) is 12.4 Å². The second kappa shape index (κ2) is 6.64. The van der Waals surface area contributed by atoms with Gasteiger partial charge in [0.25, 0.3) is 0 Å². The average Bonchev–Trinajstić information content (AvgIpc) is 2.03. The number of hydrogen-bond acceptors (Lipinski definition) is 3. The Morgan fingerprint density at radius 1 is 1.54 bits per heavy atom. The van der Waals surface area contributed by atoms with Gasteiger partial charge in [-0.3, -0.25) is 0 Å². The molecule has 1 rings (SSSR count). The van der Waals surface area contributed by atoms with E-state index in [1.165, 1.54) is 0 Å². The van der Waals surface area contributed by atoms with Gasteiger partial charge < -0.3 is 10.5 Å². The summed E-state index contributed by atoms with van der Waals surface area (Å²) in [7, 11) is 0. The lowest BCUT2D eigenvalue weighted by molar-refractivity contribution is 0.327. The number of rotatable bonds is 3. The first-order chi connectivity index (χ1) is 5.74. The van der Waals surface area contributed by atoms with Crippen LogP contribution in [0.3, 0.4) is 0 Å². The molecule has 0 amide bonds. The molecule has 13 heavy (non-hydrogen) atoms. The van der Waals surface area contributed by atoms with E-state index >= 15 is 0 Å². The second-order valence-corrected chi connectivity index (χ2v) is 3.52. The molecule has 74 valence electrons. The first kappa shape index (κ1) is 13.2. The molecule has 0 aliphatic rings. The molecular weight excluding hydrogens is 326 g/mol. The highest BCUT2D eigenvalue weighted by Crippen LogP contribution is 2.22. The molecule has 0 radical (unpaired) electrons. The third kappa shape index (κ3) is 4.30. The predicted octanol–water partition coefficient (Wildman–Crippen LogP) is 2.10. The van der Waals surface area contributed by atoms with Crippen LogP contribution in [0.1, 0.15) is 0 Å². The largest absolute Gasteiger partial charge is 0.489 e. The van der Waals surface area contributed by atoms with Crippen LogP contribution in [0.4, 0.5) is 0 Å². The van der Waals surface area contributed by atoms with E-state index in [-0.39, 0.29) is 12.4 Å². The number of nitrogens with two attached hydrogens (primary N) is 1. The van der Waals surface area contributed by atoms with Crippen molar-refractivity contribution in [2.75, 3.05) is 13.2 Å². The lowest BCUT2D eigenvalue weighted by Gasteiger charge is -2.05. The molecule has 6 heteroatoms. The summed E-state index contributed by atoms with van der Waals surface area (Å²) in [5.41, 5.74) is 5.27. The van der Waals surface area contributed by atoms with E-state index in [0.717, 1.165) is 3.70 Å². The van der Waals surface area contributed by atoms with Crippen LogP contribution in [0.5, 0.6) is 5.75 Å². The molecule has 1 aromatic heterocycles. The number of nitrogens with zero attached hydrogens (tertiary/aromatic N) is 1. The van der Waals surface area contributed by atoms with Crippen molar-refractivity contribution in [3.8, 4) is 5.75 Å². The van der Waals surface area contributed by atoms with Crippen molar-refractivity contribution in [2.45, 2.75) is 0 Å². The SMILES string of the molecule is Cl.NCCOc1ccc(I)nc1Cl. The summed E-state index contributed by atoms with van der Waals surface area (Å²) in [6, 6.07) is 3.62. The van der Waals surface area contributed by atoms with Crippen molar-refractivity contribution in [1.29, 1.82) is 0 Å². The van der Waals surface area contributed by atoms with Crippen molar-refractivity contribution in [3.63, 3.8) is 0 Å². The molecule has 2 N–H and O–H groups in total. The Morgan fingerprint density at radius 3 is 2.77 bits per heavy atom. The van der Waals surface area contributed by atoms with Crippen LogP contribution >= 0.6 is 46.6 Å². The topological polar surface area (TPSA) is 48.1 Å². The second-order valence-electron chi connectivity index (χ2n) is 2.06. The first-order valence-corrected chi connectivity index (χ1v) is 4.84. The van der Waals surface area contributed by atoms with Gasteiger partial charge in [0.2, 0.25) is 0 Å². The number of aromatic nitrogens is 1. The van der Waals surface area contributed by atoms with Crippen LogP contribution in [0.25, 0.3) is 0 Å². The van der Waals surface area contributed by atoms with Crippen molar-refractivity contribution < 1.29 is 4.74 Å². The van der Waals surface area contributed by atoms with Gasteiger partial charge in [-0.05, 0) is 34.7 Å². The van der Waals surface area contributed by atoms with Crippen molar-refractivity contribution in [2.24, 2.45) is 5.73 Å². The van der Waals surface area contributed by atoms with Crippen LogP contribution in [0, 0.1) is 3.70 Å². The third-order valence-electron chi connectivity index (χ3n) is 1.16. The Balaban J connectivity index is 0.00000144. The van der Waals surface area contributed by atoms with E-state index in [1.807, 2.05) is 6.07 Å². The predicted molar refractivity (Wildman–Crippen MR) is 63.8 cm³/mol. The highest BCUT2D eigenvalue weighted by Gasteiger charge is 2.01. The smallest absolute Gasteiger partial charge is 0.172 e. The monoisotopic (exact) mass is 334 g/mol. The van der Waals surface area contributed by atoms with Gasteiger partial charge >= 0.3 is 0 Å². The van der Waals surface area contributed by atoms with Gasteiger partial charge in [-0.25, -0.2) is 4.98 Å². The number of pyridine rings is 1. The van der Waals surface area contributed by atoms with E-state index in [4.69, 9.17) is 22.1 Å². The maximum Gasteiger partial charge on any atom is 0.172 e. The van der Waals surface area contributed by atoms with Crippen molar-refractivity contribution in [1.82, 2.24) is 4.98 Å². The Bertz CT molecular complexity index is 273. The van der Waals surface area contributed by atoms with E-state index in [1.54, 1.807) is 6.07 Å². The zero-order valence-corrected chi connectivity index (χ0v) is 10.4. The van der Waals surface area contributed by atoms with Gasteiger partial charge in [-0.2, -0.15) is 0 Å². The van der Waals surface area contributed by atoms with Gasteiger partial charge in [-0.1, -0.05) is 11.6 Å². The zero-order valence-electron chi connectivity index (χ0n) is 6.67. The van der Waals surface area contributed by atoms with Gasteiger partial charge in [0.15, 0.2) is 10.9 Å². The summed E-state index contributed by atoms with van der Waals surface area (Å²) in [5, 5.41) is 0.385. The summed E-state index contributed by atoms with van der Waals surface area (Å²) in [5.74, 6) is 0.586. The summed E-state index contributed by atoms with van der Waals surface area (Å²) in [6.45, 7) is 0.935. The molecule has 0 bridgehead atoms. The van der Waals surface area contributed by atoms with Crippen LogP contribution in [0.2, 0.25) is 5.15 Å². The number of ether oxygens (including phenoxy) is 1. The summed E-state index contributed by atoms with van der Waals surface area (Å²) in [6.07, 6.45) is 0. The van der Waals surface area contributed by atoms with Crippen molar-refractivity contribution >= 4 is 46.6 Å². The van der Waals surface area contributed by atoms with E-state index in [2.05, 4.69) is 27.6 Å². The normalized spacial score (nSPS) is 9.15. The minimum Gasteiger partial charge on any atom is -0.489 e. The quantitative estimate of drug-likeness (QED) is 0.680. The van der Waals surface area contributed by atoms with Crippen LogP contribution in [0.15, 0.2) is 12.1 Å². The molecule has 0 aliphatic heterocycles. The Hall–Kier alpha value is 0.220. The van der Waals surface area contributed by atoms with E-state index in [0.29, 0.717) is 24.1 Å². The average molecular weight is 335 g/mol. The molecule has 0 saturated carbocycles. The van der Waals surface area contributed by atoms with E-state index in [9.17, 15) is 0 Å². The maximum atomic E-state index is 5.78. The van der Waals surface area contributed by atoms with Crippen LogP contribution < -0.4 is 10.5 Å². The first-order valence-electron chi connectivity index (χ1n) is 3.39. The minimum atomic E-state index is 0. The molecule has 3 nitrogen and oxygen atoms in total. The number of hydrogen-bond donors (Lipinski definition) is 1. The Labute approximate surface area is 102 Å². The van der Waals surface area contributed by atoms with Crippen LogP contribution in [-0.4, -0.2) is 18.1 Å². The molecule has 1 heterocycles. The maximum absolute atomic E-state index is 5.78. The van der Waals surface area contributed by atoms with Crippen molar-refractivity contribution in [3.05, 3.63) is 21.0 Å². The fraction of sp³-hybridized carbons (Fsp3) is 0.286. The molecule has 0 atom stereocenters. The Kier molecular flexibility index (Phi) is 6.75. The summed E-state index contributed by atoms with van der Waals surface area (Å²) in [4.78, 5) is 4.01. The molecule has 0 aromatic carbocycles. The summed E-state index contributed by atoms with van der Waals surface area (Å²) >= 11 is 7.87. The number of halogens is 3. The summed E-state index contributed by atoms with van der Waals surface area (Å²) < 4.78 is 6.06. The molecule has 0 saturated heterocycles. The standard InChI is InChI=1S/C7H8ClIN2O.ClH/c8-7-5(12-4-3-10)1-2-6(9)11-7;/h1-2H,3-4,10H2;1H. The lowest BCUT2D eigenvalue weighted by Crippen LogP contribution is -2.11. The Morgan fingerprint density at radius 2 is 2.23 bits per heavy atom. The molecule has 0 fully saturated rings. The zero-order chi connectivity index (χ0) is 8.97. The van der Waals surface area contributed by atoms with Gasteiger partial charge in [0.1, 0.15) is 10.3 Å². The molecule has 0 unspecified atom stereocenters. The minimum absolute atomic E-state index is 0. The fourth-order valence-electron chi connectivity index (χ4n) is 0.676. The highest BCUT2D eigenvalue weighted by atomic mass is 127. The molecule has 0 aliphatic carbocycles. The van der Waals surface area contributed by atoms with Gasteiger partial charge in [0.05, 0.1) is 0 Å². The third-order valence-corrected chi connectivity index (χ3v) is 2.03. The van der Waals surface area contributed by atoms with Crippen LogP contribution in [-0.2, 0) is 0 Å². The fourth-order valence-corrected chi connectivity index (χ4v) is 1.45. The lowest BCUT2D eigenvalue weighted by atomic mass is 10.5. The van der Waals surface area contributed by atoms with Gasteiger partial charge in [0, 0.05) is 6.54 Å². The molecule has 1 aromatic rings. The highest BCUT2D eigenvalue weighted by molar-refractivity contribution is 14.1. The van der Waals surface area contributed by atoms with E-state index < -0.39 is 0 Å². The molecular formula is C7H9Cl2IN2O. The molecule has 0 spiro atoms.